The Morgan fingerprint density at radius 3 is 2.68 bits per heavy atom. The van der Waals surface area contributed by atoms with Gasteiger partial charge in [-0.05, 0) is 48.6 Å². The van der Waals surface area contributed by atoms with Crippen LogP contribution in [0.5, 0.6) is 0 Å². The third kappa shape index (κ3) is 4.19. The molecule has 19 heavy (non-hydrogen) atoms. The number of aliphatic hydroxyl groups excluding tert-OH is 1. The Morgan fingerprint density at radius 1 is 1.37 bits per heavy atom. The van der Waals surface area contributed by atoms with Gasteiger partial charge >= 0.3 is 0 Å². The van der Waals surface area contributed by atoms with Crippen molar-refractivity contribution in [3.8, 4) is 0 Å². The van der Waals surface area contributed by atoms with E-state index >= 15 is 0 Å². The lowest BCUT2D eigenvalue weighted by molar-refractivity contribution is 0.122. The van der Waals surface area contributed by atoms with Crippen LogP contribution in [0.3, 0.4) is 0 Å². The lowest BCUT2D eigenvalue weighted by Gasteiger charge is -2.28. The molecule has 106 valence electrons. The second-order valence-corrected chi connectivity index (χ2v) is 6.05. The summed E-state index contributed by atoms with van der Waals surface area (Å²) < 4.78 is 6.49. The molecular formula is C13H20IN3O2. The van der Waals surface area contributed by atoms with E-state index in [2.05, 4.69) is 43.9 Å². The summed E-state index contributed by atoms with van der Waals surface area (Å²) in [5.74, 6) is 1.78. The van der Waals surface area contributed by atoms with E-state index in [-0.39, 0.29) is 6.04 Å². The molecule has 0 spiro atoms. The van der Waals surface area contributed by atoms with Gasteiger partial charge in [-0.3, -0.25) is 0 Å². The first-order valence-corrected chi connectivity index (χ1v) is 7.59. The maximum atomic E-state index is 9.55. The van der Waals surface area contributed by atoms with E-state index in [0.717, 1.165) is 41.5 Å². The number of aromatic nitrogens is 1. The second-order valence-electron chi connectivity index (χ2n) is 4.80. The van der Waals surface area contributed by atoms with Gasteiger partial charge in [-0.2, -0.15) is 0 Å². The number of morpholine rings is 1. The van der Waals surface area contributed by atoms with Crippen LogP contribution < -0.4 is 10.2 Å². The van der Waals surface area contributed by atoms with Crippen LogP contribution in [0, 0.1) is 3.57 Å². The molecule has 0 aromatic carbocycles. The van der Waals surface area contributed by atoms with Crippen LogP contribution in [-0.4, -0.2) is 48.5 Å². The van der Waals surface area contributed by atoms with Crippen LogP contribution in [0.4, 0.5) is 11.6 Å². The lowest BCUT2D eigenvalue weighted by Crippen LogP contribution is -2.37. The molecule has 1 aromatic heterocycles. The van der Waals surface area contributed by atoms with Gasteiger partial charge in [0.25, 0.3) is 0 Å². The van der Waals surface area contributed by atoms with Crippen LogP contribution >= 0.6 is 22.6 Å². The molecule has 1 saturated heterocycles. The highest BCUT2D eigenvalue weighted by molar-refractivity contribution is 14.1. The van der Waals surface area contributed by atoms with Crippen molar-refractivity contribution in [3.05, 3.63) is 15.7 Å². The fraction of sp³-hybridized carbons (Fsp3) is 0.615. The highest BCUT2D eigenvalue weighted by Crippen LogP contribution is 2.21. The molecule has 1 aliphatic rings. The van der Waals surface area contributed by atoms with Crippen molar-refractivity contribution in [2.45, 2.75) is 26.0 Å². The Morgan fingerprint density at radius 2 is 2.05 bits per heavy atom. The van der Waals surface area contributed by atoms with Crippen molar-refractivity contribution in [1.82, 2.24) is 4.98 Å². The average Bonchev–Trinajstić information content (AvgIpc) is 2.39. The van der Waals surface area contributed by atoms with E-state index in [9.17, 15) is 5.11 Å². The third-order valence-electron chi connectivity index (χ3n) is 3.21. The number of ether oxygens (including phenoxy) is 1. The molecule has 1 aliphatic heterocycles. The quantitative estimate of drug-likeness (QED) is 0.783. The number of anilines is 2. The van der Waals surface area contributed by atoms with Gasteiger partial charge in [0.1, 0.15) is 11.6 Å². The topological polar surface area (TPSA) is 57.6 Å². The molecule has 5 nitrogen and oxygen atoms in total. The second kappa shape index (κ2) is 6.71. The van der Waals surface area contributed by atoms with Gasteiger partial charge in [-0.15, -0.1) is 0 Å². The van der Waals surface area contributed by atoms with Crippen LogP contribution in [0.2, 0.25) is 0 Å². The standard InChI is InChI=1S/C13H20IN3O2/c1-9(10(2)18)15-12-7-11(14)8-13(16-12)17-3-5-19-6-4-17/h7-10,18H,3-6H2,1-2H3,(H,15,16). The maximum Gasteiger partial charge on any atom is 0.132 e. The van der Waals surface area contributed by atoms with Gasteiger partial charge in [-0.1, -0.05) is 0 Å². The van der Waals surface area contributed by atoms with Crippen molar-refractivity contribution in [1.29, 1.82) is 0 Å². The van der Waals surface area contributed by atoms with Crippen molar-refractivity contribution in [3.63, 3.8) is 0 Å². The number of halogens is 1. The monoisotopic (exact) mass is 377 g/mol. The Kier molecular flexibility index (Phi) is 5.23. The van der Waals surface area contributed by atoms with Gasteiger partial charge < -0.3 is 20.1 Å². The fourth-order valence-electron chi connectivity index (χ4n) is 1.87. The first-order valence-electron chi connectivity index (χ1n) is 6.51. The predicted molar refractivity (Wildman–Crippen MR) is 84.8 cm³/mol. The molecule has 0 radical (unpaired) electrons. The largest absolute Gasteiger partial charge is 0.391 e. The normalized spacial score (nSPS) is 19.1. The molecular weight excluding hydrogens is 357 g/mol. The van der Waals surface area contributed by atoms with Crippen molar-refractivity contribution in [2.24, 2.45) is 0 Å². The molecule has 6 heteroatoms. The first kappa shape index (κ1) is 14.8. The summed E-state index contributed by atoms with van der Waals surface area (Å²) >= 11 is 2.29. The summed E-state index contributed by atoms with van der Waals surface area (Å²) in [4.78, 5) is 6.85. The van der Waals surface area contributed by atoms with Gasteiger partial charge in [0, 0.05) is 16.7 Å². The summed E-state index contributed by atoms with van der Waals surface area (Å²) in [5.41, 5.74) is 0. The minimum atomic E-state index is -0.411. The molecule has 2 rings (SSSR count). The highest BCUT2D eigenvalue weighted by atomic mass is 127. The first-order chi connectivity index (χ1) is 9.06. The van der Waals surface area contributed by atoms with Gasteiger partial charge in [-0.25, -0.2) is 4.98 Å². The van der Waals surface area contributed by atoms with E-state index in [1.165, 1.54) is 0 Å². The number of nitrogens with one attached hydrogen (secondary N) is 1. The van der Waals surface area contributed by atoms with E-state index in [1.54, 1.807) is 6.92 Å². The molecule has 0 aliphatic carbocycles. The molecule has 0 saturated carbocycles. The summed E-state index contributed by atoms with van der Waals surface area (Å²) in [6.45, 7) is 6.96. The average molecular weight is 377 g/mol. The summed E-state index contributed by atoms with van der Waals surface area (Å²) in [6, 6.07) is 4.04. The summed E-state index contributed by atoms with van der Waals surface area (Å²) in [7, 11) is 0. The van der Waals surface area contributed by atoms with Crippen LogP contribution in [-0.2, 0) is 4.74 Å². The molecule has 2 heterocycles. The smallest absolute Gasteiger partial charge is 0.132 e. The summed E-state index contributed by atoms with van der Waals surface area (Å²) in [5, 5.41) is 12.8. The third-order valence-corrected chi connectivity index (χ3v) is 3.83. The molecule has 1 fully saturated rings. The van der Waals surface area contributed by atoms with E-state index in [0.29, 0.717) is 0 Å². The SMILES string of the molecule is CC(O)C(C)Nc1cc(I)cc(N2CCOCC2)n1. The van der Waals surface area contributed by atoms with Gasteiger partial charge in [0.15, 0.2) is 0 Å². The van der Waals surface area contributed by atoms with Crippen molar-refractivity contribution in [2.75, 3.05) is 36.5 Å². The Bertz CT molecular complexity index is 422. The van der Waals surface area contributed by atoms with Crippen LogP contribution in [0.1, 0.15) is 13.8 Å². The lowest BCUT2D eigenvalue weighted by atomic mass is 10.2. The van der Waals surface area contributed by atoms with Crippen LogP contribution in [0.25, 0.3) is 0 Å². The van der Waals surface area contributed by atoms with Gasteiger partial charge in [0.2, 0.25) is 0 Å². The molecule has 2 N–H and O–H groups in total. The van der Waals surface area contributed by atoms with E-state index in [4.69, 9.17) is 4.74 Å². The Balaban J connectivity index is 2.14. The fourth-order valence-corrected chi connectivity index (χ4v) is 2.44. The number of rotatable bonds is 4. The Hall–Kier alpha value is -0.600. The zero-order valence-corrected chi connectivity index (χ0v) is 13.4. The number of hydrogen-bond donors (Lipinski definition) is 2. The number of pyridine rings is 1. The molecule has 2 unspecified atom stereocenters. The maximum absolute atomic E-state index is 9.55. The van der Waals surface area contributed by atoms with E-state index < -0.39 is 6.10 Å². The molecule has 2 atom stereocenters. The highest BCUT2D eigenvalue weighted by Gasteiger charge is 2.15. The molecule has 0 amide bonds. The summed E-state index contributed by atoms with van der Waals surface area (Å²) in [6.07, 6.45) is -0.411. The predicted octanol–water partition coefficient (Wildman–Crippen LogP) is 1.70. The van der Waals surface area contributed by atoms with Gasteiger partial charge in [0.05, 0.1) is 25.4 Å². The molecule has 1 aromatic rings. The number of nitrogens with zero attached hydrogens (tertiary/aromatic N) is 2. The van der Waals surface area contributed by atoms with E-state index in [1.807, 2.05) is 13.0 Å². The minimum Gasteiger partial charge on any atom is -0.391 e. The Labute approximate surface area is 127 Å². The van der Waals surface area contributed by atoms with Crippen molar-refractivity contribution >= 4 is 34.2 Å². The number of aliphatic hydroxyl groups is 1. The van der Waals surface area contributed by atoms with Crippen molar-refractivity contribution < 1.29 is 9.84 Å². The minimum absolute atomic E-state index is 0.0248. The zero-order chi connectivity index (χ0) is 13.8. The molecule has 0 bridgehead atoms. The van der Waals surface area contributed by atoms with Crippen LogP contribution in [0.15, 0.2) is 12.1 Å². The zero-order valence-electron chi connectivity index (χ0n) is 11.3. The number of hydrogen-bond acceptors (Lipinski definition) is 5.